The van der Waals surface area contributed by atoms with Crippen LogP contribution in [0.1, 0.15) is 39.5 Å². The number of aliphatic carboxylic acids is 1. The number of nitrogens with two attached hydrogens (primary N) is 1. The molecule has 1 atom stereocenters. The maximum absolute atomic E-state index is 10.2. The SMILES string of the molecule is CCCC[C@@H](C)C/C(N)=C/C(=O)O. The molecule has 0 amide bonds. The van der Waals surface area contributed by atoms with E-state index in [1.54, 1.807) is 0 Å². The van der Waals surface area contributed by atoms with Gasteiger partial charge in [-0.15, -0.1) is 0 Å². The molecule has 0 aromatic carbocycles. The van der Waals surface area contributed by atoms with E-state index in [1.807, 2.05) is 0 Å². The summed E-state index contributed by atoms with van der Waals surface area (Å²) in [4.78, 5) is 10.2. The van der Waals surface area contributed by atoms with Crippen LogP contribution < -0.4 is 5.73 Å². The van der Waals surface area contributed by atoms with Gasteiger partial charge >= 0.3 is 5.97 Å². The van der Waals surface area contributed by atoms with Gasteiger partial charge in [-0.3, -0.25) is 0 Å². The lowest BCUT2D eigenvalue weighted by Gasteiger charge is -2.09. The van der Waals surface area contributed by atoms with Crippen molar-refractivity contribution in [1.29, 1.82) is 0 Å². The van der Waals surface area contributed by atoms with Crippen LogP contribution in [0, 0.1) is 5.92 Å². The van der Waals surface area contributed by atoms with Crippen molar-refractivity contribution < 1.29 is 9.90 Å². The minimum Gasteiger partial charge on any atom is -0.478 e. The second kappa shape index (κ2) is 6.52. The van der Waals surface area contributed by atoms with Crippen LogP contribution in [0.2, 0.25) is 0 Å². The van der Waals surface area contributed by atoms with E-state index in [0.717, 1.165) is 12.5 Å². The highest BCUT2D eigenvalue weighted by Crippen LogP contribution is 2.14. The van der Waals surface area contributed by atoms with Crippen molar-refractivity contribution in [2.75, 3.05) is 0 Å². The maximum Gasteiger partial charge on any atom is 0.330 e. The molecule has 0 aliphatic carbocycles. The van der Waals surface area contributed by atoms with Crippen molar-refractivity contribution >= 4 is 5.97 Å². The average molecular weight is 185 g/mol. The van der Waals surface area contributed by atoms with Crippen LogP contribution in [0.25, 0.3) is 0 Å². The van der Waals surface area contributed by atoms with Crippen molar-refractivity contribution in [2.24, 2.45) is 11.7 Å². The zero-order valence-corrected chi connectivity index (χ0v) is 8.42. The Morgan fingerprint density at radius 2 is 2.23 bits per heavy atom. The fourth-order valence-corrected chi connectivity index (χ4v) is 1.27. The first-order valence-electron chi connectivity index (χ1n) is 4.75. The van der Waals surface area contributed by atoms with Gasteiger partial charge in [-0.1, -0.05) is 33.1 Å². The van der Waals surface area contributed by atoms with Crippen LogP contribution in [0.3, 0.4) is 0 Å². The minimum absolute atomic E-state index is 0.469. The van der Waals surface area contributed by atoms with Crippen molar-refractivity contribution in [3.63, 3.8) is 0 Å². The summed E-state index contributed by atoms with van der Waals surface area (Å²) < 4.78 is 0. The molecule has 0 saturated carbocycles. The first kappa shape index (κ1) is 12.0. The van der Waals surface area contributed by atoms with E-state index >= 15 is 0 Å². The lowest BCUT2D eigenvalue weighted by atomic mass is 9.99. The summed E-state index contributed by atoms with van der Waals surface area (Å²) in [5.74, 6) is -0.476. The first-order valence-corrected chi connectivity index (χ1v) is 4.75. The van der Waals surface area contributed by atoms with E-state index in [0.29, 0.717) is 18.0 Å². The van der Waals surface area contributed by atoms with Gasteiger partial charge in [0.2, 0.25) is 0 Å². The van der Waals surface area contributed by atoms with E-state index < -0.39 is 5.97 Å². The molecule has 0 rings (SSSR count). The summed E-state index contributed by atoms with van der Waals surface area (Å²) in [5, 5.41) is 8.42. The topological polar surface area (TPSA) is 63.3 Å². The zero-order valence-electron chi connectivity index (χ0n) is 8.42. The lowest BCUT2D eigenvalue weighted by molar-refractivity contribution is -0.131. The van der Waals surface area contributed by atoms with Crippen LogP contribution in [-0.4, -0.2) is 11.1 Å². The van der Waals surface area contributed by atoms with Gasteiger partial charge < -0.3 is 10.8 Å². The van der Waals surface area contributed by atoms with E-state index in [-0.39, 0.29) is 0 Å². The quantitative estimate of drug-likeness (QED) is 0.623. The van der Waals surface area contributed by atoms with E-state index in [2.05, 4.69) is 13.8 Å². The van der Waals surface area contributed by atoms with Crippen molar-refractivity contribution in [3.05, 3.63) is 11.8 Å². The Balaban J connectivity index is 3.77. The number of hydrogen-bond acceptors (Lipinski definition) is 2. The van der Waals surface area contributed by atoms with Crippen LogP contribution in [-0.2, 0) is 4.79 Å². The Morgan fingerprint density at radius 1 is 1.62 bits per heavy atom. The van der Waals surface area contributed by atoms with Gasteiger partial charge in [0.25, 0.3) is 0 Å². The van der Waals surface area contributed by atoms with E-state index in [1.165, 1.54) is 12.8 Å². The third kappa shape index (κ3) is 7.37. The third-order valence-corrected chi connectivity index (χ3v) is 1.94. The number of rotatable bonds is 6. The fraction of sp³-hybridized carbons (Fsp3) is 0.700. The number of carboxylic acid groups (broad SMARTS) is 1. The molecule has 0 saturated heterocycles. The van der Waals surface area contributed by atoms with Gasteiger partial charge in [0.05, 0.1) is 0 Å². The molecule has 0 spiro atoms. The molecule has 0 aliphatic rings. The van der Waals surface area contributed by atoms with Gasteiger partial charge in [0.15, 0.2) is 0 Å². The standard InChI is InChI=1S/C10H19NO2/c1-3-4-5-8(2)6-9(11)7-10(12)13/h7-8H,3-6,11H2,1-2H3,(H,12,13)/b9-7-/t8-/m1/s1. The van der Waals surface area contributed by atoms with Gasteiger partial charge in [0, 0.05) is 11.8 Å². The number of allylic oxidation sites excluding steroid dienone is 1. The summed E-state index contributed by atoms with van der Waals surface area (Å²) >= 11 is 0. The summed E-state index contributed by atoms with van der Waals surface area (Å²) in [6.07, 6.45) is 5.24. The van der Waals surface area contributed by atoms with Crippen LogP contribution in [0.15, 0.2) is 11.8 Å². The van der Waals surface area contributed by atoms with E-state index in [4.69, 9.17) is 10.8 Å². The molecule has 0 aromatic heterocycles. The molecule has 13 heavy (non-hydrogen) atoms. The number of unbranched alkanes of at least 4 members (excludes halogenated alkanes) is 1. The van der Waals surface area contributed by atoms with Gasteiger partial charge in [-0.05, 0) is 12.3 Å². The predicted molar refractivity (Wildman–Crippen MR) is 53.2 cm³/mol. The van der Waals surface area contributed by atoms with Crippen LogP contribution in [0.4, 0.5) is 0 Å². The van der Waals surface area contributed by atoms with Gasteiger partial charge in [-0.25, -0.2) is 4.79 Å². The van der Waals surface area contributed by atoms with Crippen molar-refractivity contribution in [1.82, 2.24) is 0 Å². The second-order valence-electron chi connectivity index (χ2n) is 3.51. The molecule has 0 aromatic rings. The fourth-order valence-electron chi connectivity index (χ4n) is 1.27. The van der Waals surface area contributed by atoms with E-state index in [9.17, 15) is 4.79 Å². The summed E-state index contributed by atoms with van der Waals surface area (Å²) in [7, 11) is 0. The monoisotopic (exact) mass is 185 g/mol. The van der Waals surface area contributed by atoms with Crippen molar-refractivity contribution in [2.45, 2.75) is 39.5 Å². The molecule has 76 valence electrons. The molecule has 0 fully saturated rings. The Kier molecular flexibility index (Phi) is 6.02. The predicted octanol–water partition coefficient (Wildman–Crippen LogP) is 2.13. The highest BCUT2D eigenvalue weighted by molar-refractivity contribution is 5.80. The summed E-state index contributed by atoms with van der Waals surface area (Å²) in [5.41, 5.74) is 6.00. The number of hydrogen-bond donors (Lipinski definition) is 2. The Morgan fingerprint density at radius 3 is 2.69 bits per heavy atom. The molecular weight excluding hydrogens is 166 g/mol. The zero-order chi connectivity index (χ0) is 10.3. The molecule has 0 radical (unpaired) electrons. The Labute approximate surface area is 79.6 Å². The summed E-state index contributed by atoms with van der Waals surface area (Å²) in [6.45, 7) is 4.24. The molecule has 3 nitrogen and oxygen atoms in total. The molecule has 0 heterocycles. The lowest BCUT2D eigenvalue weighted by Crippen LogP contribution is -2.06. The Hall–Kier alpha value is -0.990. The molecule has 0 unspecified atom stereocenters. The number of carboxylic acids is 1. The summed E-state index contributed by atoms with van der Waals surface area (Å²) in [6, 6.07) is 0. The highest BCUT2D eigenvalue weighted by Gasteiger charge is 2.03. The van der Waals surface area contributed by atoms with Crippen LogP contribution >= 0.6 is 0 Å². The Bertz CT molecular complexity index is 187. The largest absolute Gasteiger partial charge is 0.478 e. The van der Waals surface area contributed by atoms with Gasteiger partial charge in [-0.2, -0.15) is 0 Å². The smallest absolute Gasteiger partial charge is 0.330 e. The molecule has 3 heteroatoms. The van der Waals surface area contributed by atoms with Gasteiger partial charge in [0.1, 0.15) is 0 Å². The highest BCUT2D eigenvalue weighted by atomic mass is 16.4. The molecule has 0 aliphatic heterocycles. The molecular formula is C10H19NO2. The molecule has 3 N–H and O–H groups in total. The van der Waals surface area contributed by atoms with Crippen molar-refractivity contribution in [3.8, 4) is 0 Å². The first-order chi connectivity index (χ1) is 6.06. The second-order valence-corrected chi connectivity index (χ2v) is 3.51. The minimum atomic E-state index is -0.958. The third-order valence-electron chi connectivity index (χ3n) is 1.94. The number of carbonyl (C=O) groups is 1. The maximum atomic E-state index is 10.2. The van der Waals surface area contributed by atoms with Crippen LogP contribution in [0.5, 0.6) is 0 Å². The normalized spacial score (nSPS) is 14.2. The average Bonchev–Trinajstić information content (AvgIpc) is 1.98. The molecule has 0 bridgehead atoms.